The van der Waals surface area contributed by atoms with E-state index in [1.165, 1.54) is 0 Å². The third kappa shape index (κ3) is 3.69. The highest BCUT2D eigenvalue weighted by molar-refractivity contribution is 5.82. The van der Waals surface area contributed by atoms with Gasteiger partial charge in [-0.05, 0) is 45.7 Å². The normalized spacial score (nSPS) is 20.4. The molecule has 0 radical (unpaired) electrons. The van der Waals surface area contributed by atoms with Crippen molar-refractivity contribution < 1.29 is 9.90 Å². The van der Waals surface area contributed by atoms with Crippen LogP contribution in [0.2, 0.25) is 0 Å². The molecule has 1 aliphatic rings. The first kappa shape index (κ1) is 15.4. The van der Waals surface area contributed by atoms with Crippen molar-refractivity contribution >= 4 is 5.91 Å². The van der Waals surface area contributed by atoms with Crippen LogP contribution in [0.5, 0.6) is 0 Å². The quantitative estimate of drug-likeness (QED) is 0.778. The molecule has 0 saturated carbocycles. The second kappa shape index (κ2) is 6.53. The van der Waals surface area contributed by atoms with Crippen LogP contribution in [0.15, 0.2) is 0 Å². The number of hydrogen-bond acceptors (Lipinski definition) is 3. The molecule has 18 heavy (non-hydrogen) atoms. The minimum absolute atomic E-state index is 0.0297. The summed E-state index contributed by atoms with van der Waals surface area (Å²) in [6, 6.07) is 0.514. The third-order valence-electron chi connectivity index (χ3n) is 3.94. The number of likely N-dealkylation sites (tertiary alicyclic amines) is 1. The van der Waals surface area contributed by atoms with Crippen LogP contribution in [0, 0.1) is 11.3 Å². The Labute approximate surface area is 111 Å². The number of nitrogens with one attached hydrogen (secondary N) is 1. The van der Waals surface area contributed by atoms with Crippen LogP contribution < -0.4 is 5.32 Å². The van der Waals surface area contributed by atoms with Gasteiger partial charge in [0.1, 0.15) is 0 Å². The summed E-state index contributed by atoms with van der Waals surface area (Å²) < 4.78 is 0. The van der Waals surface area contributed by atoms with Gasteiger partial charge in [-0.1, -0.05) is 13.8 Å². The van der Waals surface area contributed by atoms with E-state index in [9.17, 15) is 9.90 Å². The average Bonchev–Trinajstić information content (AvgIpc) is 2.35. The average molecular weight is 256 g/mol. The molecule has 0 aromatic rings. The summed E-state index contributed by atoms with van der Waals surface area (Å²) in [5.41, 5.74) is -0.555. The molecule has 106 valence electrons. The molecule has 2 N–H and O–H groups in total. The lowest BCUT2D eigenvalue weighted by Crippen LogP contribution is -2.52. The Morgan fingerprint density at radius 1 is 1.28 bits per heavy atom. The van der Waals surface area contributed by atoms with Gasteiger partial charge in [0.2, 0.25) is 5.91 Å². The Bertz CT molecular complexity index is 269. The molecule has 1 amide bonds. The lowest BCUT2D eigenvalue weighted by atomic mass is 9.78. The van der Waals surface area contributed by atoms with E-state index in [1.807, 2.05) is 0 Å². The first-order chi connectivity index (χ1) is 8.41. The lowest BCUT2D eigenvalue weighted by molar-refractivity contribution is -0.137. The number of aliphatic hydroxyl groups is 1. The molecule has 0 aliphatic carbocycles. The molecular formula is C14H28N2O2. The SMILES string of the molecule is CC(C)CNC(=O)C1(CO)CCN(C(C)C)CC1. The number of aliphatic hydroxyl groups excluding tert-OH is 1. The topological polar surface area (TPSA) is 52.6 Å². The van der Waals surface area contributed by atoms with Gasteiger partial charge in [0.25, 0.3) is 0 Å². The highest BCUT2D eigenvalue weighted by Gasteiger charge is 2.41. The van der Waals surface area contributed by atoms with Crippen molar-refractivity contribution in [3.05, 3.63) is 0 Å². The van der Waals surface area contributed by atoms with Gasteiger partial charge in [-0.2, -0.15) is 0 Å². The van der Waals surface area contributed by atoms with Gasteiger partial charge in [0.15, 0.2) is 0 Å². The van der Waals surface area contributed by atoms with Crippen molar-refractivity contribution in [1.82, 2.24) is 10.2 Å². The maximum Gasteiger partial charge on any atom is 0.228 e. The van der Waals surface area contributed by atoms with Crippen molar-refractivity contribution in [3.63, 3.8) is 0 Å². The van der Waals surface area contributed by atoms with E-state index >= 15 is 0 Å². The van der Waals surface area contributed by atoms with Gasteiger partial charge in [0.05, 0.1) is 12.0 Å². The molecule has 4 nitrogen and oxygen atoms in total. The first-order valence-electron chi connectivity index (χ1n) is 7.04. The third-order valence-corrected chi connectivity index (χ3v) is 3.94. The summed E-state index contributed by atoms with van der Waals surface area (Å²) in [6.45, 7) is 10.9. The fraction of sp³-hybridized carbons (Fsp3) is 0.929. The van der Waals surface area contributed by atoms with Crippen LogP contribution in [0.25, 0.3) is 0 Å². The second-order valence-electron chi connectivity index (χ2n) is 6.17. The zero-order valence-electron chi connectivity index (χ0n) is 12.2. The number of hydrogen-bond donors (Lipinski definition) is 2. The van der Waals surface area contributed by atoms with Crippen LogP contribution in [0.4, 0.5) is 0 Å². The summed E-state index contributed by atoms with van der Waals surface area (Å²) in [4.78, 5) is 14.6. The van der Waals surface area contributed by atoms with Crippen molar-refractivity contribution in [3.8, 4) is 0 Å². The molecule has 1 heterocycles. The molecule has 0 unspecified atom stereocenters. The Morgan fingerprint density at radius 3 is 2.22 bits per heavy atom. The highest BCUT2D eigenvalue weighted by Crippen LogP contribution is 2.32. The second-order valence-corrected chi connectivity index (χ2v) is 6.17. The molecule has 1 rings (SSSR count). The molecule has 1 fully saturated rings. The maximum absolute atomic E-state index is 12.2. The summed E-state index contributed by atoms with van der Waals surface area (Å²) in [5.74, 6) is 0.475. The van der Waals surface area contributed by atoms with E-state index in [0.29, 0.717) is 18.5 Å². The molecule has 0 aromatic heterocycles. The van der Waals surface area contributed by atoms with Gasteiger partial charge in [0, 0.05) is 12.6 Å². The fourth-order valence-corrected chi connectivity index (χ4v) is 2.41. The Balaban J connectivity index is 2.57. The largest absolute Gasteiger partial charge is 0.395 e. The van der Waals surface area contributed by atoms with Crippen LogP contribution in [0.1, 0.15) is 40.5 Å². The fourth-order valence-electron chi connectivity index (χ4n) is 2.41. The van der Waals surface area contributed by atoms with E-state index in [0.717, 1.165) is 25.9 Å². The first-order valence-corrected chi connectivity index (χ1v) is 7.04. The molecule has 1 saturated heterocycles. The van der Waals surface area contributed by atoms with Gasteiger partial charge in [-0.15, -0.1) is 0 Å². The molecule has 0 spiro atoms. The summed E-state index contributed by atoms with van der Waals surface area (Å²) in [5, 5.41) is 12.6. The zero-order valence-corrected chi connectivity index (χ0v) is 12.2. The van der Waals surface area contributed by atoms with Gasteiger partial charge in [-0.3, -0.25) is 4.79 Å². The molecular weight excluding hydrogens is 228 g/mol. The monoisotopic (exact) mass is 256 g/mol. The standard InChI is InChI=1S/C14H28N2O2/c1-11(2)9-15-13(18)14(10-17)5-7-16(8-6-14)12(3)4/h11-12,17H,5-10H2,1-4H3,(H,15,18). The predicted octanol–water partition coefficient (Wildman–Crippen LogP) is 1.24. The number of nitrogens with zero attached hydrogens (tertiary/aromatic N) is 1. The van der Waals surface area contributed by atoms with Crippen LogP contribution in [-0.4, -0.2) is 48.2 Å². The van der Waals surface area contributed by atoms with E-state index in [2.05, 4.69) is 37.9 Å². The number of carbonyl (C=O) groups is 1. The van der Waals surface area contributed by atoms with Crippen LogP contribution >= 0.6 is 0 Å². The summed E-state index contributed by atoms with van der Waals surface area (Å²) >= 11 is 0. The number of carbonyl (C=O) groups excluding carboxylic acids is 1. The molecule has 1 aliphatic heterocycles. The van der Waals surface area contributed by atoms with E-state index in [4.69, 9.17) is 0 Å². The van der Waals surface area contributed by atoms with Crippen LogP contribution in [-0.2, 0) is 4.79 Å². The van der Waals surface area contributed by atoms with Crippen molar-refractivity contribution in [2.24, 2.45) is 11.3 Å². The van der Waals surface area contributed by atoms with E-state index < -0.39 is 5.41 Å². The molecule has 0 bridgehead atoms. The molecule has 4 heteroatoms. The smallest absolute Gasteiger partial charge is 0.228 e. The number of rotatable bonds is 5. The van der Waals surface area contributed by atoms with Crippen molar-refractivity contribution in [2.75, 3.05) is 26.2 Å². The summed E-state index contributed by atoms with van der Waals surface area (Å²) in [7, 11) is 0. The maximum atomic E-state index is 12.2. The van der Waals surface area contributed by atoms with Gasteiger partial charge in [-0.25, -0.2) is 0 Å². The lowest BCUT2D eigenvalue weighted by Gasteiger charge is -2.41. The van der Waals surface area contributed by atoms with E-state index in [-0.39, 0.29) is 12.5 Å². The van der Waals surface area contributed by atoms with Gasteiger partial charge >= 0.3 is 0 Å². The van der Waals surface area contributed by atoms with Gasteiger partial charge < -0.3 is 15.3 Å². The highest BCUT2D eigenvalue weighted by atomic mass is 16.3. The van der Waals surface area contributed by atoms with Crippen LogP contribution in [0.3, 0.4) is 0 Å². The van der Waals surface area contributed by atoms with E-state index in [1.54, 1.807) is 0 Å². The zero-order chi connectivity index (χ0) is 13.8. The Hall–Kier alpha value is -0.610. The summed E-state index contributed by atoms with van der Waals surface area (Å²) in [6.07, 6.45) is 1.51. The Kier molecular flexibility index (Phi) is 5.60. The number of amides is 1. The predicted molar refractivity (Wildman–Crippen MR) is 73.3 cm³/mol. The Morgan fingerprint density at radius 2 is 1.83 bits per heavy atom. The molecule has 0 atom stereocenters. The number of piperidine rings is 1. The van der Waals surface area contributed by atoms with Crippen molar-refractivity contribution in [2.45, 2.75) is 46.6 Å². The molecule has 0 aromatic carbocycles. The minimum atomic E-state index is -0.555. The van der Waals surface area contributed by atoms with Crippen molar-refractivity contribution in [1.29, 1.82) is 0 Å². The minimum Gasteiger partial charge on any atom is -0.395 e.